The molecule has 7 nitrogen and oxygen atoms in total. The number of aromatic nitrogens is 2. The number of nitrogens with zero attached hydrogens (tertiary/aromatic N) is 5. The number of amides is 2. The molecular formula is C27H32F3N5O2. The normalized spacial score (nSPS) is 23.2. The van der Waals surface area contributed by atoms with E-state index in [9.17, 15) is 22.8 Å². The quantitative estimate of drug-likeness (QED) is 0.591. The van der Waals surface area contributed by atoms with Crippen LogP contribution in [0.15, 0.2) is 36.7 Å². The molecule has 0 aliphatic carbocycles. The van der Waals surface area contributed by atoms with Gasteiger partial charge in [-0.25, -0.2) is 9.97 Å². The summed E-state index contributed by atoms with van der Waals surface area (Å²) < 4.78 is 38.2. The van der Waals surface area contributed by atoms with Crippen LogP contribution < -0.4 is 0 Å². The Morgan fingerprint density at radius 2 is 1.54 bits per heavy atom. The fourth-order valence-electron chi connectivity index (χ4n) is 6.29. The smallest absolute Gasteiger partial charge is 0.340 e. The second kappa shape index (κ2) is 9.70. The van der Waals surface area contributed by atoms with Gasteiger partial charge in [0, 0.05) is 44.7 Å². The van der Waals surface area contributed by atoms with Gasteiger partial charge in [0.15, 0.2) is 0 Å². The highest BCUT2D eigenvalue weighted by Crippen LogP contribution is 2.40. The fourth-order valence-corrected chi connectivity index (χ4v) is 6.29. The number of carbonyl (C=O) groups is 2. The van der Waals surface area contributed by atoms with Crippen molar-refractivity contribution in [1.82, 2.24) is 24.7 Å². The minimum atomic E-state index is -4.49. The molecule has 0 spiro atoms. The molecule has 1 aromatic carbocycles. The molecule has 0 bridgehead atoms. The first-order valence-corrected chi connectivity index (χ1v) is 12.7. The third-order valence-corrected chi connectivity index (χ3v) is 8.27. The molecule has 0 N–H and O–H groups in total. The summed E-state index contributed by atoms with van der Waals surface area (Å²) in [6.07, 6.45) is -3.64. The summed E-state index contributed by atoms with van der Waals surface area (Å²) in [5.74, 6) is -0.0623. The fraction of sp³-hybridized carbons (Fsp3) is 0.556. The van der Waals surface area contributed by atoms with Crippen LogP contribution in [0.4, 0.5) is 13.2 Å². The van der Waals surface area contributed by atoms with Crippen LogP contribution in [-0.2, 0) is 10.2 Å². The third kappa shape index (κ3) is 5.21. The molecule has 3 fully saturated rings. The highest BCUT2D eigenvalue weighted by atomic mass is 19.4. The number of alkyl halides is 3. The largest absolute Gasteiger partial charge is 0.397 e. The maximum absolute atomic E-state index is 13.2. The zero-order valence-corrected chi connectivity index (χ0v) is 21.2. The van der Waals surface area contributed by atoms with Gasteiger partial charge in [-0.1, -0.05) is 30.3 Å². The van der Waals surface area contributed by atoms with E-state index in [-0.39, 0.29) is 11.3 Å². The minimum absolute atomic E-state index is 0.00216. The topological polar surface area (TPSA) is 69.6 Å². The molecule has 2 aromatic rings. The van der Waals surface area contributed by atoms with Crippen LogP contribution in [0.25, 0.3) is 0 Å². The Kier molecular flexibility index (Phi) is 6.72. The van der Waals surface area contributed by atoms with E-state index in [2.05, 4.69) is 14.9 Å². The molecule has 1 aromatic heterocycles. The third-order valence-electron chi connectivity index (χ3n) is 8.27. The van der Waals surface area contributed by atoms with Gasteiger partial charge in [0.05, 0.1) is 17.0 Å². The summed E-state index contributed by atoms with van der Waals surface area (Å²) in [6, 6.07) is 9.80. The zero-order valence-electron chi connectivity index (χ0n) is 21.2. The van der Waals surface area contributed by atoms with Gasteiger partial charge in [-0.15, -0.1) is 0 Å². The number of benzene rings is 1. The van der Waals surface area contributed by atoms with Crippen molar-refractivity contribution in [2.45, 2.75) is 38.3 Å². The lowest BCUT2D eigenvalue weighted by atomic mass is 9.71. The second-order valence-corrected chi connectivity index (χ2v) is 10.8. The summed E-state index contributed by atoms with van der Waals surface area (Å²) in [4.78, 5) is 39.3. The molecule has 3 saturated heterocycles. The van der Waals surface area contributed by atoms with Crippen LogP contribution >= 0.6 is 0 Å². The SMILES string of the molecule is Cc1ncnc(C)c1C(=O)N1CC2CN(CCC3(c4ccccc4)CN(C(=O)CC(F)(F)F)C3)CC2C1. The summed E-state index contributed by atoms with van der Waals surface area (Å²) in [5.41, 5.74) is 2.73. The Bertz CT molecular complexity index is 1130. The number of hydrogen-bond acceptors (Lipinski definition) is 5. The first kappa shape index (κ1) is 25.6. The van der Waals surface area contributed by atoms with Gasteiger partial charge in [-0.2, -0.15) is 13.2 Å². The Hall–Kier alpha value is -3.01. The van der Waals surface area contributed by atoms with E-state index in [0.29, 0.717) is 55.0 Å². The van der Waals surface area contributed by atoms with Crippen LogP contribution in [0.1, 0.15) is 40.2 Å². The average molecular weight is 516 g/mol. The first-order chi connectivity index (χ1) is 17.5. The minimum Gasteiger partial charge on any atom is -0.340 e. The van der Waals surface area contributed by atoms with Gasteiger partial charge in [0.1, 0.15) is 12.7 Å². The Morgan fingerprint density at radius 1 is 0.946 bits per heavy atom. The molecule has 37 heavy (non-hydrogen) atoms. The van der Waals surface area contributed by atoms with Crippen molar-refractivity contribution in [3.8, 4) is 0 Å². The molecule has 2 amide bonds. The van der Waals surface area contributed by atoms with Gasteiger partial charge in [0.2, 0.25) is 5.91 Å². The second-order valence-electron chi connectivity index (χ2n) is 10.8. The molecular weight excluding hydrogens is 483 g/mol. The van der Waals surface area contributed by atoms with Crippen molar-refractivity contribution in [2.24, 2.45) is 11.8 Å². The molecule has 4 heterocycles. The zero-order chi connectivity index (χ0) is 26.4. The van der Waals surface area contributed by atoms with Crippen molar-refractivity contribution < 1.29 is 22.8 Å². The Balaban J connectivity index is 1.18. The molecule has 0 saturated carbocycles. The number of carbonyl (C=O) groups excluding carboxylic acids is 2. The first-order valence-electron chi connectivity index (χ1n) is 12.7. The summed E-state index contributed by atoms with van der Waals surface area (Å²) in [7, 11) is 0. The van der Waals surface area contributed by atoms with E-state index in [1.54, 1.807) is 0 Å². The molecule has 2 atom stereocenters. The maximum Gasteiger partial charge on any atom is 0.397 e. The lowest BCUT2D eigenvalue weighted by molar-refractivity contribution is -0.167. The lowest BCUT2D eigenvalue weighted by Gasteiger charge is -2.51. The van der Waals surface area contributed by atoms with Gasteiger partial charge in [-0.05, 0) is 44.2 Å². The van der Waals surface area contributed by atoms with E-state index in [0.717, 1.165) is 31.6 Å². The average Bonchev–Trinajstić information content (AvgIpc) is 3.37. The molecule has 2 unspecified atom stereocenters. The summed E-state index contributed by atoms with van der Waals surface area (Å²) in [5, 5.41) is 0. The number of likely N-dealkylation sites (tertiary alicyclic amines) is 3. The van der Waals surface area contributed by atoms with Crippen molar-refractivity contribution in [2.75, 3.05) is 45.8 Å². The van der Waals surface area contributed by atoms with E-state index in [1.165, 1.54) is 11.2 Å². The van der Waals surface area contributed by atoms with E-state index < -0.39 is 18.5 Å². The molecule has 198 valence electrons. The van der Waals surface area contributed by atoms with E-state index in [4.69, 9.17) is 0 Å². The van der Waals surface area contributed by atoms with Crippen LogP contribution in [0.5, 0.6) is 0 Å². The molecule has 3 aliphatic heterocycles. The number of rotatable bonds is 6. The van der Waals surface area contributed by atoms with Crippen LogP contribution in [0, 0.1) is 25.7 Å². The van der Waals surface area contributed by atoms with Crippen LogP contribution in [0.3, 0.4) is 0 Å². The van der Waals surface area contributed by atoms with Crippen molar-refractivity contribution in [3.63, 3.8) is 0 Å². The molecule has 0 radical (unpaired) electrons. The van der Waals surface area contributed by atoms with Crippen LogP contribution in [0.2, 0.25) is 0 Å². The Labute approximate surface area is 214 Å². The Morgan fingerprint density at radius 3 is 2.11 bits per heavy atom. The van der Waals surface area contributed by atoms with E-state index >= 15 is 0 Å². The summed E-state index contributed by atoms with van der Waals surface area (Å²) >= 11 is 0. The van der Waals surface area contributed by atoms with Crippen molar-refractivity contribution >= 4 is 11.8 Å². The lowest BCUT2D eigenvalue weighted by Crippen LogP contribution is -2.62. The summed E-state index contributed by atoms with van der Waals surface area (Å²) in [6.45, 7) is 8.29. The number of hydrogen-bond donors (Lipinski definition) is 0. The van der Waals surface area contributed by atoms with Gasteiger partial charge >= 0.3 is 6.18 Å². The van der Waals surface area contributed by atoms with Gasteiger partial charge < -0.3 is 14.7 Å². The predicted octanol–water partition coefficient (Wildman–Crippen LogP) is 3.22. The number of halogens is 3. The number of aryl methyl sites for hydroxylation is 2. The molecule has 5 rings (SSSR count). The maximum atomic E-state index is 13.2. The standard InChI is InChI=1S/C27H32F3N5O2/c1-18-24(19(2)32-17-31-18)25(37)34-13-20-11-33(12-21(20)14-34)9-8-26(22-6-4-3-5-7-22)15-35(16-26)23(36)10-27(28,29)30/h3-7,17,20-21H,8-16H2,1-2H3. The predicted molar refractivity (Wildman–Crippen MR) is 131 cm³/mol. The van der Waals surface area contributed by atoms with Crippen molar-refractivity contribution in [3.05, 3.63) is 59.2 Å². The molecule has 3 aliphatic rings. The van der Waals surface area contributed by atoms with Crippen molar-refractivity contribution in [1.29, 1.82) is 0 Å². The monoisotopic (exact) mass is 515 g/mol. The van der Waals surface area contributed by atoms with Gasteiger partial charge in [-0.3, -0.25) is 9.59 Å². The van der Waals surface area contributed by atoms with Crippen LogP contribution in [-0.4, -0.2) is 88.5 Å². The molecule has 10 heteroatoms. The highest BCUT2D eigenvalue weighted by Gasteiger charge is 2.49. The number of fused-ring (bicyclic) bond motifs is 1. The van der Waals surface area contributed by atoms with E-state index in [1.807, 2.05) is 49.1 Å². The highest BCUT2D eigenvalue weighted by molar-refractivity contribution is 5.96. The van der Waals surface area contributed by atoms with Gasteiger partial charge in [0.25, 0.3) is 5.91 Å².